The number of nitrogens with one attached hydrogen (secondary N) is 1. The second kappa shape index (κ2) is 7.56. The SMILES string of the molecule is Cc1nn(Cc2cccc(C(=O)Nc3ccc4c(c3)OCCO4)c2)c(C)c1Cl. The molecule has 1 N–H and O–H groups in total. The maximum absolute atomic E-state index is 12.7. The van der Waals surface area contributed by atoms with E-state index in [2.05, 4.69) is 10.4 Å². The molecule has 0 atom stereocenters. The Labute approximate surface area is 168 Å². The number of aryl methyl sites for hydroxylation is 1. The lowest BCUT2D eigenvalue weighted by Gasteiger charge is -2.19. The fourth-order valence-corrected chi connectivity index (χ4v) is 3.27. The molecule has 6 nitrogen and oxygen atoms in total. The van der Waals surface area contributed by atoms with Crippen molar-refractivity contribution in [2.45, 2.75) is 20.4 Å². The molecule has 1 aromatic heterocycles. The lowest BCUT2D eigenvalue weighted by molar-refractivity contribution is 0.102. The van der Waals surface area contributed by atoms with Gasteiger partial charge in [-0.3, -0.25) is 9.48 Å². The lowest BCUT2D eigenvalue weighted by atomic mass is 10.1. The molecule has 3 aromatic rings. The number of aromatic nitrogens is 2. The Morgan fingerprint density at radius 3 is 2.68 bits per heavy atom. The van der Waals surface area contributed by atoms with Gasteiger partial charge in [0.1, 0.15) is 13.2 Å². The van der Waals surface area contributed by atoms with Gasteiger partial charge < -0.3 is 14.8 Å². The number of anilines is 1. The smallest absolute Gasteiger partial charge is 0.255 e. The molecule has 0 bridgehead atoms. The maximum Gasteiger partial charge on any atom is 0.255 e. The molecule has 28 heavy (non-hydrogen) atoms. The van der Waals surface area contributed by atoms with Crippen molar-refractivity contribution in [3.8, 4) is 11.5 Å². The van der Waals surface area contributed by atoms with E-state index in [1.807, 2.05) is 36.7 Å². The largest absolute Gasteiger partial charge is 0.486 e. The summed E-state index contributed by atoms with van der Waals surface area (Å²) in [6.45, 7) is 5.39. The van der Waals surface area contributed by atoms with E-state index in [0.717, 1.165) is 17.0 Å². The minimum absolute atomic E-state index is 0.190. The number of ether oxygens (including phenoxy) is 2. The van der Waals surface area contributed by atoms with E-state index in [1.54, 1.807) is 24.3 Å². The first-order valence-electron chi connectivity index (χ1n) is 9.01. The molecule has 0 spiro atoms. The first kappa shape index (κ1) is 18.4. The molecule has 0 unspecified atom stereocenters. The van der Waals surface area contributed by atoms with Crippen molar-refractivity contribution < 1.29 is 14.3 Å². The average Bonchev–Trinajstić information content (AvgIpc) is 2.94. The Bertz CT molecular complexity index is 1050. The Kier molecular flexibility index (Phi) is 4.96. The van der Waals surface area contributed by atoms with Crippen LogP contribution in [0.5, 0.6) is 11.5 Å². The number of benzene rings is 2. The molecule has 7 heteroatoms. The van der Waals surface area contributed by atoms with Crippen LogP contribution in [0.2, 0.25) is 5.02 Å². The van der Waals surface area contributed by atoms with E-state index in [1.165, 1.54) is 0 Å². The van der Waals surface area contributed by atoms with Crippen LogP contribution in [0.15, 0.2) is 42.5 Å². The summed E-state index contributed by atoms with van der Waals surface area (Å²) in [6.07, 6.45) is 0. The molecule has 2 heterocycles. The molecule has 144 valence electrons. The zero-order valence-corrected chi connectivity index (χ0v) is 16.4. The predicted molar refractivity (Wildman–Crippen MR) is 108 cm³/mol. The van der Waals surface area contributed by atoms with Crippen molar-refractivity contribution in [1.29, 1.82) is 0 Å². The molecular formula is C21H20ClN3O3. The monoisotopic (exact) mass is 397 g/mol. The van der Waals surface area contributed by atoms with Gasteiger partial charge in [-0.15, -0.1) is 0 Å². The van der Waals surface area contributed by atoms with Crippen molar-refractivity contribution in [3.63, 3.8) is 0 Å². The summed E-state index contributed by atoms with van der Waals surface area (Å²) < 4.78 is 12.9. The van der Waals surface area contributed by atoms with Crippen molar-refractivity contribution in [2.24, 2.45) is 0 Å². The van der Waals surface area contributed by atoms with Crippen LogP contribution < -0.4 is 14.8 Å². The fourth-order valence-electron chi connectivity index (χ4n) is 3.14. The van der Waals surface area contributed by atoms with Crippen molar-refractivity contribution in [2.75, 3.05) is 18.5 Å². The highest BCUT2D eigenvalue weighted by atomic mass is 35.5. The third kappa shape index (κ3) is 3.68. The normalized spacial score (nSPS) is 12.7. The predicted octanol–water partition coefficient (Wildman–Crippen LogP) is 4.23. The standard InChI is InChI=1S/C21H20ClN3O3/c1-13-20(22)14(2)25(24-13)12-15-4-3-5-16(10-15)21(26)23-17-6-7-18-19(11-17)28-9-8-27-18/h3-7,10-11H,8-9,12H2,1-2H3,(H,23,26). The number of carbonyl (C=O) groups excluding carboxylic acids is 1. The van der Waals surface area contributed by atoms with Gasteiger partial charge in [-0.05, 0) is 43.7 Å². The van der Waals surface area contributed by atoms with E-state index in [4.69, 9.17) is 21.1 Å². The minimum atomic E-state index is -0.190. The minimum Gasteiger partial charge on any atom is -0.486 e. The summed E-state index contributed by atoms with van der Waals surface area (Å²) in [5, 5.41) is 8.03. The first-order valence-corrected chi connectivity index (χ1v) is 9.38. The van der Waals surface area contributed by atoms with Crippen LogP contribution in [-0.2, 0) is 6.54 Å². The molecule has 0 fully saturated rings. The number of carbonyl (C=O) groups is 1. The highest BCUT2D eigenvalue weighted by molar-refractivity contribution is 6.31. The van der Waals surface area contributed by atoms with E-state index in [9.17, 15) is 4.79 Å². The zero-order chi connectivity index (χ0) is 19.7. The van der Waals surface area contributed by atoms with Gasteiger partial charge in [0.05, 0.1) is 23.0 Å². The second-order valence-electron chi connectivity index (χ2n) is 6.66. The summed E-state index contributed by atoms with van der Waals surface area (Å²) >= 11 is 6.22. The number of halogens is 1. The van der Waals surface area contributed by atoms with Crippen LogP contribution in [0.1, 0.15) is 27.3 Å². The lowest BCUT2D eigenvalue weighted by Crippen LogP contribution is -2.16. The summed E-state index contributed by atoms with van der Waals surface area (Å²) in [7, 11) is 0. The topological polar surface area (TPSA) is 65.4 Å². The van der Waals surface area contributed by atoms with Crippen LogP contribution in [0.4, 0.5) is 5.69 Å². The second-order valence-corrected chi connectivity index (χ2v) is 7.03. The van der Waals surface area contributed by atoms with Gasteiger partial charge in [0, 0.05) is 17.3 Å². The summed E-state index contributed by atoms with van der Waals surface area (Å²) in [4.78, 5) is 12.7. The van der Waals surface area contributed by atoms with Crippen LogP contribution >= 0.6 is 11.6 Å². The summed E-state index contributed by atoms with van der Waals surface area (Å²) in [6, 6.07) is 12.8. The number of amides is 1. The van der Waals surface area contributed by atoms with E-state index < -0.39 is 0 Å². The summed E-state index contributed by atoms with van der Waals surface area (Å²) in [5.74, 6) is 1.14. The van der Waals surface area contributed by atoms with Crippen molar-refractivity contribution >= 4 is 23.2 Å². The molecule has 1 aliphatic heterocycles. The molecule has 0 saturated carbocycles. The van der Waals surface area contributed by atoms with Gasteiger partial charge in [0.2, 0.25) is 0 Å². The molecule has 4 rings (SSSR count). The Morgan fingerprint density at radius 1 is 1.14 bits per heavy atom. The van der Waals surface area contributed by atoms with Gasteiger partial charge in [0.15, 0.2) is 11.5 Å². The number of fused-ring (bicyclic) bond motifs is 1. The quantitative estimate of drug-likeness (QED) is 0.715. The average molecular weight is 398 g/mol. The number of hydrogen-bond acceptors (Lipinski definition) is 4. The highest BCUT2D eigenvalue weighted by Gasteiger charge is 2.14. The first-order chi connectivity index (χ1) is 13.5. The molecule has 0 radical (unpaired) electrons. The van der Waals surface area contributed by atoms with Gasteiger partial charge in [0.25, 0.3) is 5.91 Å². The molecular weight excluding hydrogens is 378 g/mol. The van der Waals surface area contributed by atoms with E-state index in [-0.39, 0.29) is 5.91 Å². The van der Waals surface area contributed by atoms with Crippen molar-refractivity contribution in [3.05, 3.63) is 70.0 Å². The van der Waals surface area contributed by atoms with Gasteiger partial charge >= 0.3 is 0 Å². The van der Waals surface area contributed by atoms with E-state index in [0.29, 0.717) is 47.5 Å². The van der Waals surface area contributed by atoms with Gasteiger partial charge in [-0.2, -0.15) is 5.10 Å². The third-order valence-electron chi connectivity index (χ3n) is 4.61. The van der Waals surface area contributed by atoms with Crippen LogP contribution in [0.3, 0.4) is 0 Å². The number of nitrogens with zero attached hydrogens (tertiary/aromatic N) is 2. The molecule has 0 saturated heterocycles. The molecule has 2 aromatic carbocycles. The fraction of sp³-hybridized carbons (Fsp3) is 0.238. The third-order valence-corrected chi connectivity index (χ3v) is 5.16. The van der Waals surface area contributed by atoms with Crippen LogP contribution in [0, 0.1) is 13.8 Å². The maximum atomic E-state index is 12.7. The van der Waals surface area contributed by atoms with Gasteiger partial charge in [-0.1, -0.05) is 23.7 Å². The molecule has 1 amide bonds. The van der Waals surface area contributed by atoms with Crippen molar-refractivity contribution in [1.82, 2.24) is 9.78 Å². The Balaban J connectivity index is 1.50. The summed E-state index contributed by atoms with van der Waals surface area (Å²) in [5.41, 5.74) is 3.90. The Hall–Kier alpha value is -2.99. The number of rotatable bonds is 4. The van der Waals surface area contributed by atoms with Crippen LogP contribution in [0.25, 0.3) is 0 Å². The number of hydrogen-bond donors (Lipinski definition) is 1. The van der Waals surface area contributed by atoms with E-state index >= 15 is 0 Å². The Morgan fingerprint density at radius 2 is 1.93 bits per heavy atom. The van der Waals surface area contributed by atoms with Gasteiger partial charge in [-0.25, -0.2) is 0 Å². The molecule has 0 aliphatic carbocycles. The van der Waals surface area contributed by atoms with Crippen LogP contribution in [-0.4, -0.2) is 28.9 Å². The highest BCUT2D eigenvalue weighted by Crippen LogP contribution is 2.32. The molecule has 1 aliphatic rings. The zero-order valence-electron chi connectivity index (χ0n) is 15.7.